The van der Waals surface area contributed by atoms with E-state index in [2.05, 4.69) is 6.92 Å². The third-order valence-corrected chi connectivity index (χ3v) is 2.17. The van der Waals surface area contributed by atoms with Gasteiger partial charge in [0.05, 0.1) is 0 Å². The molecule has 90 valence electrons. The average Bonchev–Trinajstić information content (AvgIpc) is 2.32. The number of hydrogen-bond acceptors (Lipinski definition) is 2. The summed E-state index contributed by atoms with van der Waals surface area (Å²) < 4.78 is 0. The Kier molecular flexibility index (Phi) is 11.1. The van der Waals surface area contributed by atoms with Crippen LogP contribution < -0.4 is 0 Å². The van der Waals surface area contributed by atoms with Gasteiger partial charge in [0.2, 0.25) is 0 Å². The van der Waals surface area contributed by atoms with Gasteiger partial charge in [-0.05, 0) is 12.0 Å². The molecule has 16 heavy (non-hydrogen) atoms. The second-order valence-corrected chi connectivity index (χ2v) is 3.64. The van der Waals surface area contributed by atoms with Gasteiger partial charge < -0.3 is 9.90 Å². The fourth-order valence-electron chi connectivity index (χ4n) is 1.25. The topological polar surface area (TPSA) is 37.3 Å². The molecule has 0 aliphatic rings. The second kappa shape index (κ2) is 11.9. The Morgan fingerprint density at radius 3 is 2.31 bits per heavy atom. The fraction of sp³-hybridized carbons (Fsp3) is 0.500. The lowest BCUT2D eigenvalue weighted by Gasteiger charge is -1.90. The van der Waals surface area contributed by atoms with E-state index in [1.165, 1.54) is 19.3 Å². The number of unbranched alkanes of at least 4 members (excludes halogenated alkanes) is 3. The summed E-state index contributed by atoms with van der Waals surface area (Å²) in [6.07, 6.45) is 6.12. The third-order valence-electron chi connectivity index (χ3n) is 2.17. The number of aliphatic hydroxyl groups is 1. The van der Waals surface area contributed by atoms with E-state index in [1.807, 2.05) is 30.3 Å². The lowest BCUT2D eigenvalue weighted by atomic mass is 10.2. The van der Waals surface area contributed by atoms with Crippen LogP contribution in [0.5, 0.6) is 0 Å². The number of hydrogen-bond donors (Lipinski definition) is 1. The highest BCUT2D eigenvalue weighted by atomic mass is 16.2. The van der Waals surface area contributed by atoms with Crippen molar-refractivity contribution < 1.29 is 9.90 Å². The first-order chi connectivity index (χ1) is 7.85. The highest BCUT2D eigenvalue weighted by Gasteiger charge is 1.84. The number of carbonyl (C=O) groups is 1. The molecule has 1 rings (SSSR count). The molecule has 0 aliphatic carbocycles. The van der Waals surface area contributed by atoms with Crippen LogP contribution in [0.25, 0.3) is 0 Å². The molecule has 0 amide bonds. The van der Waals surface area contributed by atoms with Gasteiger partial charge in [-0.1, -0.05) is 56.5 Å². The highest BCUT2D eigenvalue weighted by molar-refractivity contribution is 5.54. The van der Waals surface area contributed by atoms with E-state index in [0.717, 1.165) is 18.3 Å². The molecule has 0 aromatic heterocycles. The van der Waals surface area contributed by atoms with Crippen LogP contribution in [-0.4, -0.2) is 18.0 Å². The fourth-order valence-corrected chi connectivity index (χ4v) is 1.25. The summed E-state index contributed by atoms with van der Waals surface area (Å²) in [6, 6.07) is 9.68. The predicted molar refractivity (Wildman–Crippen MR) is 67.4 cm³/mol. The van der Waals surface area contributed by atoms with E-state index in [1.54, 1.807) is 0 Å². The lowest BCUT2D eigenvalue weighted by molar-refractivity contribution is -0.107. The maximum Gasteiger partial charge on any atom is 0.124 e. The van der Waals surface area contributed by atoms with Gasteiger partial charge in [0.15, 0.2) is 0 Å². The Bertz CT molecular complexity index is 240. The zero-order chi connectivity index (χ0) is 12.1. The Morgan fingerprint density at radius 2 is 1.81 bits per heavy atom. The normalized spacial score (nSPS) is 9.12. The van der Waals surface area contributed by atoms with Crippen LogP contribution in [0, 0.1) is 0 Å². The van der Waals surface area contributed by atoms with Gasteiger partial charge in [0.1, 0.15) is 6.29 Å². The Balaban J connectivity index is 0.000000293. The molecular weight excluding hydrogens is 200 g/mol. The number of aldehydes is 1. The molecule has 1 N–H and O–H groups in total. The smallest absolute Gasteiger partial charge is 0.124 e. The highest BCUT2D eigenvalue weighted by Crippen LogP contribution is 1.96. The average molecular weight is 222 g/mol. The summed E-state index contributed by atoms with van der Waals surface area (Å²) >= 11 is 0. The van der Waals surface area contributed by atoms with Crippen molar-refractivity contribution in [3.63, 3.8) is 0 Å². The molecule has 0 saturated heterocycles. The predicted octanol–water partition coefficient (Wildman–Crippen LogP) is 2.99. The van der Waals surface area contributed by atoms with Crippen molar-refractivity contribution in [2.45, 2.75) is 39.0 Å². The van der Waals surface area contributed by atoms with Gasteiger partial charge in [-0.25, -0.2) is 0 Å². The van der Waals surface area contributed by atoms with Crippen LogP contribution >= 0.6 is 0 Å². The van der Waals surface area contributed by atoms with E-state index in [9.17, 15) is 4.79 Å². The van der Waals surface area contributed by atoms with Crippen molar-refractivity contribution in [2.24, 2.45) is 0 Å². The minimum Gasteiger partial charge on any atom is -0.396 e. The van der Waals surface area contributed by atoms with Crippen LogP contribution in [0.3, 0.4) is 0 Å². The molecule has 0 heterocycles. The maximum absolute atomic E-state index is 9.97. The van der Waals surface area contributed by atoms with Crippen molar-refractivity contribution in [1.82, 2.24) is 0 Å². The van der Waals surface area contributed by atoms with Gasteiger partial charge in [-0.3, -0.25) is 0 Å². The Hall–Kier alpha value is -1.15. The Morgan fingerprint density at radius 1 is 1.12 bits per heavy atom. The molecule has 0 spiro atoms. The van der Waals surface area contributed by atoms with Crippen molar-refractivity contribution in [2.75, 3.05) is 6.61 Å². The van der Waals surface area contributed by atoms with Crippen LogP contribution in [0.15, 0.2) is 30.3 Å². The minimum absolute atomic E-state index is 0.361. The first kappa shape index (κ1) is 14.8. The molecule has 1 aromatic carbocycles. The summed E-state index contributed by atoms with van der Waals surface area (Å²) in [5.74, 6) is 0. The largest absolute Gasteiger partial charge is 0.396 e. The zero-order valence-electron chi connectivity index (χ0n) is 10.1. The molecule has 0 aliphatic heterocycles. The van der Waals surface area contributed by atoms with Crippen LogP contribution in [-0.2, 0) is 11.2 Å². The minimum atomic E-state index is 0.361. The van der Waals surface area contributed by atoms with Gasteiger partial charge in [-0.15, -0.1) is 0 Å². The number of aliphatic hydroxyl groups excluding tert-OH is 1. The van der Waals surface area contributed by atoms with E-state index in [4.69, 9.17) is 5.11 Å². The van der Waals surface area contributed by atoms with Crippen molar-refractivity contribution in [1.29, 1.82) is 0 Å². The quantitative estimate of drug-likeness (QED) is 0.593. The molecule has 2 heteroatoms. The van der Waals surface area contributed by atoms with Crippen molar-refractivity contribution >= 4 is 6.29 Å². The number of rotatable bonds is 6. The molecule has 1 aromatic rings. The van der Waals surface area contributed by atoms with Crippen molar-refractivity contribution in [3.05, 3.63) is 35.9 Å². The summed E-state index contributed by atoms with van der Waals surface area (Å²) in [5, 5.41) is 8.29. The molecule has 0 unspecified atom stereocenters. The number of carbonyl (C=O) groups excluding carboxylic acids is 1. The maximum atomic E-state index is 9.97. The molecule has 0 radical (unpaired) electrons. The van der Waals surface area contributed by atoms with Gasteiger partial charge >= 0.3 is 0 Å². The van der Waals surface area contributed by atoms with Crippen LogP contribution in [0.4, 0.5) is 0 Å². The standard InChI is InChI=1S/C8H8O.C6H14O/c9-7-6-8-4-2-1-3-5-8;1-2-3-4-5-6-7/h1-5,7H,6H2;7H,2-6H2,1H3. The lowest BCUT2D eigenvalue weighted by Crippen LogP contribution is -1.82. The van der Waals surface area contributed by atoms with Crippen LogP contribution in [0.2, 0.25) is 0 Å². The van der Waals surface area contributed by atoms with E-state index in [0.29, 0.717) is 13.0 Å². The molecule has 0 fully saturated rings. The summed E-state index contributed by atoms with van der Waals surface area (Å²) in [7, 11) is 0. The summed E-state index contributed by atoms with van der Waals surface area (Å²) in [5.41, 5.74) is 1.08. The molecule has 0 bridgehead atoms. The van der Waals surface area contributed by atoms with Gasteiger partial charge in [0, 0.05) is 13.0 Å². The summed E-state index contributed by atoms with van der Waals surface area (Å²) in [6.45, 7) is 2.53. The monoisotopic (exact) mass is 222 g/mol. The van der Waals surface area contributed by atoms with Crippen LogP contribution in [0.1, 0.15) is 38.2 Å². The first-order valence-corrected chi connectivity index (χ1v) is 5.93. The van der Waals surface area contributed by atoms with Gasteiger partial charge in [-0.2, -0.15) is 0 Å². The van der Waals surface area contributed by atoms with E-state index >= 15 is 0 Å². The van der Waals surface area contributed by atoms with E-state index < -0.39 is 0 Å². The molecule has 0 atom stereocenters. The first-order valence-electron chi connectivity index (χ1n) is 5.93. The van der Waals surface area contributed by atoms with E-state index in [-0.39, 0.29) is 0 Å². The zero-order valence-corrected chi connectivity index (χ0v) is 10.1. The van der Waals surface area contributed by atoms with Gasteiger partial charge in [0.25, 0.3) is 0 Å². The molecular formula is C14H22O2. The molecule has 2 nitrogen and oxygen atoms in total. The molecule has 0 saturated carbocycles. The Labute approximate surface area is 98.3 Å². The SMILES string of the molecule is CCCCCCO.O=CCc1ccccc1. The summed E-state index contributed by atoms with van der Waals surface area (Å²) in [4.78, 5) is 9.97. The van der Waals surface area contributed by atoms with Crippen molar-refractivity contribution in [3.8, 4) is 0 Å². The number of benzene rings is 1. The second-order valence-electron chi connectivity index (χ2n) is 3.64. The third kappa shape index (κ3) is 9.41.